The summed E-state index contributed by atoms with van der Waals surface area (Å²) < 4.78 is 5.35. The summed E-state index contributed by atoms with van der Waals surface area (Å²) in [4.78, 5) is 14.1. The number of furan rings is 1. The van der Waals surface area contributed by atoms with Crippen LogP contribution in [0.15, 0.2) is 64.2 Å². The fourth-order valence-corrected chi connectivity index (χ4v) is 3.66. The van der Waals surface area contributed by atoms with Gasteiger partial charge in [-0.2, -0.15) is 5.10 Å². The number of hydrogen-bond donors (Lipinski definition) is 2. The lowest BCUT2D eigenvalue weighted by Gasteiger charge is -2.36. The minimum atomic E-state index is 0. The minimum Gasteiger partial charge on any atom is -0.461 e. The minimum absolute atomic E-state index is 0. The van der Waals surface area contributed by atoms with Crippen molar-refractivity contribution in [1.82, 2.24) is 30.3 Å². The van der Waals surface area contributed by atoms with Crippen molar-refractivity contribution in [2.24, 2.45) is 4.99 Å². The van der Waals surface area contributed by atoms with Gasteiger partial charge in [0.25, 0.3) is 0 Å². The van der Waals surface area contributed by atoms with Crippen molar-refractivity contribution in [2.75, 3.05) is 45.8 Å². The molecule has 3 heterocycles. The van der Waals surface area contributed by atoms with Gasteiger partial charge in [0.2, 0.25) is 5.82 Å². The Morgan fingerprint density at radius 1 is 1.15 bits per heavy atom. The molecule has 0 atom stereocenters. The first-order valence-corrected chi connectivity index (χ1v) is 11.2. The number of aliphatic imine (C=N–C) groups is 1. The van der Waals surface area contributed by atoms with Gasteiger partial charge >= 0.3 is 0 Å². The lowest BCUT2D eigenvalue weighted by atomic mass is 10.2. The number of aromatic amines is 1. The van der Waals surface area contributed by atoms with Crippen molar-refractivity contribution in [3.05, 3.63) is 66.2 Å². The van der Waals surface area contributed by atoms with E-state index in [-0.39, 0.29) is 24.0 Å². The standard InChI is InChI=1S/C24H31N7O.HI/c1-2-25-24(26-13-12-22-27-23(29-28-22)21-11-7-19-32-21)31-17-15-30(16-18-31)14-6-10-20-8-4-3-5-9-20;/h3-11,19H,2,12-18H2,1H3,(H,25,26)(H,27,28,29);1H/b10-6+;. The van der Waals surface area contributed by atoms with Gasteiger partial charge in [-0.15, -0.1) is 24.0 Å². The van der Waals surface area contributed by atoms with Crippen LogP contribution in [0.3, 0.4) is 0 Å². The van der Waals surface area contributed by atoms with Crippen LogP contribution in [0.5, 0.6) is 0 Å². The molecule has 176 valence electrons. The van der Waals surface area contributed by atoms with E-state index in [0.717, 1.165) is 51.1 Å². The smallest absolute Gasteiger partial charge is 0.216 e. The van der Waals surface area contributed by atoms with Gasteiger partial charge in [-0.25, -0.2) is 4.98 Å². The molecule has 3 aromatic rings. The summed E-state index contributed by atoms with van der Waals surface area (Å²) in [6.45, 7) is 8.56. The summed E-state index contributed by atoms with van der Waals surface area (Å²) >= 11 is 0. The largest absolute Gasteiger partial charge is 0.461 e. The molecule has 0 bridgehead atoms. The number of aromatic nitrogens is 3. The predicted octanol–water partition coefficient (Wildman–Crippen LogP) is 3.52. The summed E-state index contributed by atoms with van der Waals surface area (Å²) in [5.41, 5.74) is 1.25. The van der Waals surface area contributed by atoms with Gasteiger partial charge in [-0.3, -0.25) is 15.0 Å². The zero-order valence-electron chi connectivity index (χ0n) is 19.0. The second kappa shape index (κ2) is 13.1. The number of halogens is 1. The second-order valence-electron chi connectivity index (χ2n) is 7.67. The number of rotatable bonds is 8. The van der Waals surface area contributed by atoms with E-state index in [2.05, 4.69) is 73.6 Å². The van der Waals surface area contributed by atoms with Crippen LogP contribution in [0.1, 0.15) is 18.3 Å². The molecule has 0 aliphatic carbocycles. The third-order valence-electron chi connectivity index (χ3n) is 5.36. The summed E-state index contributed by atoms with van der Waals surface area (Å²) in [6.07, 6.45) is 6.77. The first-order chi connectivity index (χ1) is 15.8. The molecular formula is C24H32IN7O. The maximum Gasteiger partial charge on any atom is 0.216 e. The molecule has 33 heavy (non-hydrogen) atoms. The van der Waals surface area contributed by atoms with Crippen molar-refractivity contribution < 1.29 is 4.42 Å². The molecule has 4 rings (SSSR count). The summed E-state index contributed by atoms with van der Waals surface area (Å²) in [5, 5.41) is 10.6. The zero-order valence-corrected chi connectivity index (χ0v) is 21.3. The molecule has 2 N–H and O–H groups in total. The Balaban J connectivity index is 0.00000306. The van der Waals surface area contributed by atoms with Crippen LogP contribution >= 0.6 is 24.0 Å². The van der Waals surface area contributed by atoms with Crippen LogP contribution in [0.4, 0.5) is 0 Å². The zero-order chi connectivity index (χ0) is 22.0. The highest BCUT2D eigenvalue weighted by Crippen LogP contribution is 2.14. The molecule has 0 amide bonds. The molecule has 1 aliphatic rings. The number of guanidine groups is 1. The van der Waals surface area contributed by atoms with E-state index in [0.29, 0.717) is 24.6 Å². The van der Waals surface area contributed by atoms with Crippen LogP contribution in [0.2, 0.25) is 0 Å². The second-order valence-corrected chi connectivity index (χ2v) is 7.67. The van der Waals surface area contributed by atoms with Crippen molar-refractivity contribution in [3.8, 4) is 11.6 Å². The van der Waals surface area contributed by atoms with E-state index in [1.807, 2.05) is 18.2 Å². The van der Waals surface area contributed by atoms with Gasteiger partial charge in [0, 0.05) is 52.2 Å². The maximum atomic E-state index is 5.35. The Hall–Kier alpha value is -2.66. The van der Waals surface area contributed by atoms with E-state index in [4.69, 9.17) is 9.41 Å². The molecule has 0 saturated carbocycles. The van der Waals surface area contributed by atoms with Gasteiger partial charge < -0.3 is 14.6 Å². The van der Waals surface area contributed by atoms with Crippen LogP contribution in [0, 0.1) is 0 Å². The molecule has 0 radical (unpaired) electrons. The molecular weight excluding hydrogens is 529 g/mol. The Bertz CT molecular complexity index is 993. The molecule has 8 nitrogen and oxygen atoms in total. The Morgan fingerprint density at radius 3 is 2.70 bits per heavy atom. The Kier molecular flexibility index (Phi) is 9.95. The SMILES string of the molecule is CCNC(=NCCc1nc(-c2ccco2)n[nH]1)N1CCN(C/C=C/c2ccccc2)CC1.I. The number of benzene rings is 1. The van der Waals surface area contributed by atoms with Crippen molar-refractivity contribution in [3.63, 3.8) is 0 Å². The number of nitrogens with zero attached hydrogens (tertiary/aromatic N) is 5. The monoisotopic (exact) mass is 561 g/mol. The average Bonchev–Trinajstić information content (AvgIpc) is 3.52. The molecule has 1 aromatic carbocycles. The number of hydrogen-bond acceptors (Lipinski definition) is 5. The summed E-state index contributed by atoms with van der Waals surface area (Å²) in [5.74, 6) is 3.03. The number of piperazine rings is 1. The van der Waals surface area contributed by atoms with Crippen LogP contribution in [-0.4, -0.2) is 76.8 Å². The molecule has 2 aromatic heterocycles. The summed E-state index contributed by atoms with van der Waals surface area (Å²) in [7, 11) is 0. The van der Waals surface area contributed by atoms with Crippen LogP contribution < -0.4 is 5.32 Å². The topological polar surface area (TPSA) is 85.6 Å². The van der Waals surface area contributed by atoms with Crippen molar-refractivity contribution in [2.45, 2.75) is 13.3 Å². The first kappa shape index (κ1) is 25.0. The lowest BCUT2D eigenvalue weighted by molar-refractivity contribution is 0.194. The number of H-pyrrole nitrogens is 1. The van der Waals surface area contributed by atoms with E-state index >= 15 is 0 Å². The van der Waals surface area contributed by atoms with Crippen LogP contribution in [0.25, 0.3) is 17.7 Å². The molecule has 0 spiro atoms. The van der Waals surface area contributed by atoms with E-state index < -0.39 is 0 Å². The Labute approximate surface area is 212 Å². The maximum absolute atomic E-state index is 5.35. The van der Waals surface area contributed by atoms with Gasteiger partial charge in [-0.05, 0) is 24.6 Å². The fraction of sp³-hybridized carbons (Fsp3) is 0.375. The first-order valence-electron chi connectivity index (χ1n) is 11.2. The normalized spacial score (nSPS) is 15.1. The van der Waals surface area contributed by atoms with E-state index in [1.54, 1.807) is 6.26 Å². The average molecular weight is 561 g/mol. The Morgan fingerprint density at radius 2 is 1.97 bits per heavy atom. The van der Waals surface area contributed by atoms with Crippen molar-refractivity contribution >= 4 is 36.0 Å². The predicted molar refractivity (Wildman–Crippen MR) is 143 cm³/mol. The van der Waals surface area contributed by atoms with E-state index in [9.17, 15) is 0 Å². The summed E-state index contributed by atoms with van der Waals surface area (Å²) in [6, 6.07) is 14.1. The highest BCUT2D eigenvalue weighted by molar-refractivity contribution is 14.0. The fourth-order valence-electron chi connectivity index (χ4n) is 3.66. The third kappa shape index (κ3) is 7.43. The van der Waals surface area contributed by atoms with Crippen molar-refractivity contribution in [1.29, 1.82) is 0 Å². The van der Waals surface area contributed by atoms with Gasteiger partial charge in [-0.1, -0.05) is 42.5 Å². The molecule has 0 unspecified atom stereocenters. The lowest BCUT2D eigenvalue weighted by Crippen LogP contribution is -2.52. The molecule has 1 fully saturated rings. The van der Waals surface area contributed by atoms with Crippen LogP contribution in [-0.2, 0) is 6.42 Å². The van der Waals surface area contributed by atoms with Gasteiger partial charge in [0.1, 0.15) is 5.82 Å². The molecule has 1 aliphatic heterocycles. The molecule has 9 heteroatoms. The third-order valence-corrected chi connectivity index (χ3v) is 5.36. The van der Waals surface area contributed by atoms with Gasteiger partial charge in [0.15, 0.2) is 11.7 Å². The highest BCUT2D eigenvalue weighted by Gasteiger charge is 2.18. The quantitative estimate of drug-likeness (QED) is 0.249. The van der Waals surface area contributed by atoms with E-state index in [1.165, 1.54) is 5.56 Å². The highest BCUT2D eigenvalue weighted by atomic mass is 127. The molecule has 1 saturated heterocycles. The number of nitrogens with one attached hydrogen (secondary N) is 2. The van der Waals surface area contributed by atoms with Gasteiger partial charge in [0.05, 0.1) is 6.26 Å².